The Morgan fingerprint density at radius 1 is 1.45 bits per heavy atom. The zero-order valence-corrected chi connectivity index (χ0v) is 13.6. The van der Waals surface area contributed by atoms with Crippen LogP contribution in [0.1, 0.15) is 25.3 Å². The second-order valence-electron chi connectivity index (χ2n) is 5.81. The zero-order valence-electron chi connectivity index (χ0n) is 12.8. The van der Waals surface area contributed by atoms with E-state index in [0.29, 0.717) is 23.8 Å². The Balaban J connectivity index is 2.03. The van der Waals surface area contributed by atoms with Gasteiger partial charge in [0.25, 0.3) is 0 Å². The van der Waals surface area contributed by atoms with E-state index in [9.17, 15) is 14.7 Å². The second kappa shape index (κ2) is 7.11. The van der Waals surface area contributed by atoms with Crippen molar-refractivity contribution in [2.45, 2.75) is 32.8 Å². The summed E-state index contributed by atoms with van der Waals surface area (Å²) < 4.78 is 0. The Morgan fingerprint density at radius 2 is 2.18 bits per heavy atom. The molecule has 0 aliphatic carbocycles. The molecule has 1 fully saturated rings. The Hall–Kier alpha value is -1.59. The molecule has 0 saturated carbocycles. The molecule has 1 saturated heterocycles. The lowest BCUT2D eigenvalue weighted by molar-refractivity contribution is -0.144. The van der Waals surface area contributed by atoms with Gasteiger partial charge in [0.05, 0.1) is 6.10 Å². The molecule has 22 heavy (non-hydrogen) atoms. The fourth-order valence-electron chi connectivity index (χ4n) is 2.64. The van der Waals surface area contributed by atoms with E-state index in [1.165, 1.54) is 4.90 Å². The van der Waals surface area contributed by atoms with Crippen molar-refractivity contribution in [3.05, 3.63) is 28.8 Å². The van der Waals surface area contributed by atoms with E-state index < -0.39 is 17.9 Å². The summed E-state index contributed by atoms with van der Waals surface area (Å²) in [6.45, 7) is 4.51. The summed E-state index contributed by atoms with van der Waals surface area (Å²) in [5.41, 5.74) is 1.38. The highest BCUT2D eigenvalue weighted by Gasteiger charge is 2.29. The molecule has 2 amide bonds. The quantitative estimate of drug-likeness (QED) is 0.819. The predicted molar refractivity (Wildman–Crippen MR) is 85.8 cm³/mol. The number of piperidine rings is 1. The van der Waals surface area contributed by atoms with E-state index in [-0.39, 0.29) is 5.92 Å². The number of hydrogen-bond acceptors (Lipinski definition) is 3. The van der Waals surface area contributed by atoms with Gasteiger partial charge < -0.3 is 15.3 Å². The van der Waals surface area contributed by atoms with E-state index >= 15 is 0 Å². The Labute approximate surface area is 135 Å². The molecule has 2 unspecified atom stereocenters. The maximum Gasteiger partial charge on any atom is 0.313 e. The van der Waals surface area contributed by atoms with Gasteiger partial charge in [-0.15, -0.1) is 0 Å². The Bertz CT molecular complexity index is 575. The molecule has 0 aromatic heterocycles. The van der Waals surface area contributed by atoms with Gasteiger partial charge in [0.2, 0.25) is 0 Å². The number of aliphatic hydroxyl groups is 1. The van der Waals surface area contributed by atoms with Crippen molar-refractivity contribution in [3.8, 4) is 0 Å². The van der Waals surface area contributed by atoms with Crippen LogP contribution < -0.4 is 5.32 Å². The summed E-state index contributed by atoms with van der Waals surface area (Å²) >= 11 is 5.91. The first-order valence-corrected chi connectivity index (χ1v) is 7.80. The standard InChI is InChI=1S/C16H21ClN2O3/c1-10-5-6-13(17)8-14(10)18-15(21)16(22)19-7-3-4-12(9-19)11(2)20/h5-6,8,11-12,20H,3-4,7,9H2,1-2H3,(H,18,21). The van der Waals surface area contributed by atoms with Crippen molar-refractivity contribution >= 4 is 29.1 Å². The van der Waals surface area contributed by atoms with E-state index in [4.69, 9.17) is 11.6 Å². The van der Waals surface area contributed by atoms with Crippen LogP contribution in [-0.4, -0.2) is 41.0 Å². The van der Waals surface area contributed by atoms with E-state index in [1.807, 2.05) is 6.92 Å². The van der Waals surface area contributed by atoms with Gasteiger partial charge in [-0.25, -0.2) is 0 Å². The minimum Gasteiger partial charge on any atom is -0.393 e. The minimum atomic E-state index is -0.670. The van der Waals surface area contributed by atoms with Crippen LogP contribution in [0, 0.1) is 12.8 Å². The first-order valence-electron chi connectivity index (χ1n) is 7.43. The largest absolute Gasteiger partial charge is 0.393 e. The monoisotopic (exact) mass is 324 g/mol. The lowest BCUT2D eigenvalue weighted by atomic mass is 9.93. The van der Waals surface area contributed by atoms with Gasteiger partial charge >= 0.3 is 11.8 Å². The van der Waals surface area contributed by atoms with Gasteiger partial charge in [-0.3, -0.25) is 9.59 Å². The number of carbonyl (C=O) groups is 2. The molecule has 0 radical (unpaired) electrons. The number of rotatable bonds is 2. The SMILES string of the molecule is Cc1ccc(Cl)cc1NC(=O)C(=O)N1CCCC(C(C)O)C1. The first kappa shape index (κ1) is 16.8. The number of aliphatic hydroxyl groups excluding tert-OH is 1. The van der Waals surface area contributed by atoms with Crippen molar-refractivity contribution in [2.24, 2.45) is 5.92 Å². The van der Waals surface area contributed by atoms with Crippen LogP contribution in [0.3, 0.4) is 0 Å². The summed E-state index contributed by atoms with van der Waals surface area (Å²) in [5, 5.41) is 12.8. The number of nitrogens with one attached hydrogen (secondary N) is 1. The van der Waals surface area contributed by atoms with E-state index in [1.54, 1.807) is 25.1 Å². The highest BCUT2D eigenvalue weighted by Crippen LogP contribution is 2.22. The molecule has 1 aliphatic rings. The number of amides is 2. The van der Waals surface area contributed by atoms with Crippen molar-refractivity contribution < 1.29 is 14.7 Å². The lowest BCUT2D eigenvalue weighted by Crippen LogP contribution is -2.47. The van der Waals surface area contributed by atoms with Gasteiger partial charge in [-0.1, -0.05) is 17.7 Å². The molecule has 1 aromatic rings. The molecule has 2 N–H and O–H groups in total. The third-order valence-electron chi connectivity index (χ3n) is 4.07. The van der Waals surface area contributed by atoms with Gasteiger partial charge in [-0.05, 0) is 44.4 Å². The highest BCUT2D eigenvalue weighted by atomic mass is 35.5. The number of benzene rings is 1. The lowest BCUT2D eigenvalue weighted by Gasteiger charge is -2.33. The van der Waals surface area contributed by atoms with Crippen LogP contribution in [0.25, 0.3) is 0 Å². The van der Waals surface area contributed by atoms with Crippen LogP contribution in [0.2, 0.25) is 5.02 Å². The van der Waals surface area contributed by atoms with Gasteiger partial charge in [0.15, 0.2) is 0 Å². The van der Waals surface area contributed by atoms with Crippen molar-refractivity contribution in [1.29, 1.82) is 0 Å². The fraction of sp³-hybridized carbons (Fsp3) is 0.500. The molecule has 120 valence electrons. The maximum absolute atomic E-state index is 12.3. The van der Waals surface area contributed by atoms with Crippen LogP contribution >= 0.6 is 11.6 Å². The third-order valence-corrected chi connectivity index (χ3v) is 4.30. The number of carbonyl (C=O) groups excluding carboxylic acids is 2. The number of anilines is 1. The van der Waals surface area contributed by atoms with Crippen LogP contribution in [0.15, 0.2) is 18.2 Å². The molecule has 0 bridgehead atoms. The summed E-state index contributed by atoms with van der Waals surface area (Å²) in [6, 6.07) is 5.13. The summed E-state index contributed by atoms with van der Waals surface area (Å²) in [6.07, 6.45) is 1.19. The molecule has 2 atom stereocenters. The molecule has 5 nitrogen and oxygen atoms in total. The highest BCUT2D eigenvalue weighted by molar-refractivity contribution is 6.39. The number of halogens is 1. The molecule has 0 spiro atoms. The molecule has 1 heterocycles. The fourth-order valence-corrected chi connectivity index (χ4v) is 2.81. The third kappa shape index (κ3) is 3.99. The summed E-state index contributed by atoms with van der Waals surface area (Å²) in [7, 11) is 0. The topological polar surface area (TPSA) is 69.6 Å². The van der Waals surface area contributed by atoms with Gasteiger partial charge in [0.1, 0.15) is 0 Å². The van der Waals surface area contributed by atoms with E-state index in [2.05, 4.69) is 5.32 Å². The normalized spacial score (nSPS) is 19.6. The Morgan fingerprint density at radius 3 is 2.86 bits per heavy atom. The summed E-state index contributed by atoms with van der Waals surface area (Å²) in [4.78, 5) is 25.9. The smallest absolute Gasteiger partial charge is 0.313 e. The summed E-state index contributed by atoms with van der Waals surface area (Å²) in [5.74, 6) is -1.21. The molecule has 1 aliphatic heterocycles. The second-order valence-corrected chi connectivity index (χ2v) is 6.24. The van der Waals surface area contributed by atoms with E-state index in [0.717, 1.165) is 18.4 Å². The average Bonchev–Trinajstić information content (AvgIpc) is 2.50. The predicted octanol–water partition coefficient (Wildman–Crippen LogP) is 2.21. The average molecular weight is 325 g/mol. The van der Waals surface area contributed by atoms with Crippen LogP contribution in [0.4, 0.5) is 5.69 Å². The molecule has 6 heteroatoms. The molecular formula is C16H21ClN2O3. The van der Waals surface area contributed by atoms with Gasteiger partial charge in [-0.2, -0.15) is 0 Å². The van der Waals surface area contributed by atoms with Gasteiger partial charge in [0, 0.05) is 29.7 Å². The molecule has 2 rings (SSSR count). The minimum absolute atomic E-state index is 0.0263. The number of aryl methyl sites for hydroxylation is 1. The number of nitrogens with zero attached hydrogens (tertiary/aromatic N) is 1. The van der Waals surface area contributed by atoms with Crippen LogP contribution in [0.5, 0.6) is 0 Å². The van der Waals surface area contributed by atoms with Crippen molar-refractivity contribution in [2.75, 3.05) is 18.4 Å². The molecule has 1 aromatic carbocycles. The number of likely N-dealkylation sites (tertiary alicyclic amines) is 1. The van der Waals surface area contributed by atoms with Crippen LogP contribution in [-0.2, 0) is 9.59 Å². The zero-order chi connectivity index (χ0) is 16.3. The van der Waals surface area contributed by atoms with Crippen molar-refractivity contribution in [1.82, 2.24) is 4.90 Å². The molecular weight excluding hydrogens is 304 g/mol. The number of hydrogen-bond donors (Lipinski definition) is 2. The first-order chi connectivity index (χ1) is 10.4. The van der Waals surface area contributed by atoms with Crippen molar-refractivity contribution in [3.63, 3.8) is 0 Å². The maximum atomic E-state index is 12.3. The Kier molecular flexibility index (Phi) is 5.42.